The Balaban J connectivity index is 2.22. The van der Waals surface area contributed by atoms with Gasteiger partial charge in [0, 0.05) is 10.6 Å². The minimum atomic E-state index is -4.09. The summed E-state index contributed by atoms with van der Waals surface area (Å²) in [4.78, 5) is 25.1. The molecule has 1 aromatic carbocycles. The molecule has 28 heavy (non-hydrogen) atoms. The van der Waals surface area contributed by atoms with Gasteiger partial charge in [0.25, 0.3) is 5.91 Å². The highest BCUT2D eigenvalue weighted by atomic mass is 35.5. The average molecular weight is 446 g/mol. The molecule has 1 aliphatic heterocycles. The number of carbonyl (C=O) groups is 2. The van der Waals surface area contributed by atoms with Gasteiger partial charge in [-0.3, -0.25) is 4.79 Å². The number of nitrogens with one attached hydrogen (secondary N) is 1. The van der Waals surface area contributed by atoms with Crippen LogP contribution in [-0.2, 0) is 19.4 Å². The molecular weight excluding hydrogens is 425 g/mol. The lowest BCUT2D eigenvalue weighted by Gasteiger charge is -2.37. The molecule has 1 amide bonds. The Labute approximate surface area is 174 Å². The average Bonchev–Trinajstić information content (AvgIpc) is 2.81. The van der Waals surface area contributed by atoms with Gasteiger partial charge >= 0.3 is 5.30 Å². The number of hydrogen-bond donors (Lipinski definition) is 1. The predicted octanol–water partition coefficient (Wildman–Crippen LogP) is 4.27. The van der Waals surface area contributed by atoms with E-state index in [2.05, 4.69) is 12.2 Å². The van der Waals surface area contributed by atoms with Crippen LogP contribution in [0.15, 0.2) is 17.9 Å². The zero-order valence-electron chi connectivity index (χ0n) is 15.8. The van der Waals surface area contributed by atoms with E-state index in [1.807, 2.05) is 0 Å². The number of benzene rings is 1. The zero-order valence-corrected chi connectivity index (χ0v) is 18.1. The van der Waals surface area contributed by atoms with Crippen molar-refractivity contribution in [2.45, 2.75) is 45.1 Å². The molecule has 152 valence electrons. The first-order chi connectivity index (χ1) is 12.9. The number of rotatable bonds is 2. The first-order valence-corrected chi connectivity index (χ1v) is 11.5. The molecule has 2 aliphatic rings. The topological polar surface area (TPSA) is 89.5 Å². The highest BCUT2D eigenvalue weighted by molar-refractivity contribution is 8.05. The lowest BCUT2D eigenvalue weighted by molar-refractivity contribution is -0.116. The van der Waals surface area contributed by atoms with E-state index < -0.39 is 26.6 Å². The molecular formula is C19H21Cl2NO5S. The highest BCUT2D eigenvalue weighted by Crippen LogP contribution is 2.46. The van der Waals surface area contributed by atoms with Gasteiger partial charge < -0.3 is 10.1 Å². The number of carbonyl (C=O) groups excluding carboxylic acids is 2. The Kier molecular flexibility index (Phi) is 5.55. The SMILES string of the molecule is Cc1cc(Cl)cc(Cl)c1C1=C(OC(=O)S(C)(=O)=O)C2(CCC(C)CC2)NC1=O. The van der Waals surface area contributed by atoms with Crippen LogP contribution in [0.4, 0.5) is 4.79 Å². The molecule has 1 fully saturated rings. The molecule has 6 nitrogen and oxygen atoms in total. The lowest BCUT2D eigenvalue weighted by Crippen LogP contribution is -2.48. The van der Waals surface area contributed by atoms with Crippen molar-refractivity contribution in [2.75, 3.05) is 6.26 Å². The maximum atomic E-state index is 13.0. The first kappa shape index (κ1) is 21.1. The third-order valence-electron chi connectivity index (χ3n) is 5.36. The van der Waals surface area contributed by atoms with Crippen molar-refractivity contribution in [1.82, 2.24) is 5.32 Å². The van der Waals surface area contributed by atoms with Crippen LogP contribution in [0.25, 0.3) is 5.57 Å². The summed E-state index contributed by atoms with van der Waals surface area (Å²) in [6.45, 7) is 3.84. The van der Waals surface area contributed by atoms with E-state index in [-0.39, 0.29) is 16.4 Å². The van der Waals surface area contributed by atoms with Gasteiger partial charge in [-0.1, -0.05) is 30.1 Å². The number of amides is 1. The monoisotopic (exact) mass is 445 g/mol. The third-order valence-corrected chi connectivity index (χ3v) is 6.56. The van der Waals surface area contributed by atoms with Crippen LogP contribution in [0.3, 0.4) is 0 Å². The lowest BCUT2D eigenvalue weighted by atomic mass is 9.76. The third kappa shape index (κ3) is 3.80. The molecule has 1 saturated carbocycles. The molecule has 0 aromatic heterocycles. The van der Waals surface area contributed by atoms with Gasteiger partial charge in [0.15, 0.2) is 0 Å². The van der Waals surface area contributed by atoms with Crippen molar-refractivity contribution < 1.29 is 22.7 Å². The Morgan fingerprint density at radius 3 is 2.39 bits per heavy atom. The van der Waals surface area contributed by atoms with Crippen molar-refractivity contribution in [2.24, 2.45) is 5.92 Å². The summed E-state index contributed by atoms with van der Waals surface area (Å²) in [6, 6.07) is 3.14. The van der Waals surface area contributed by atoms with Crippen LogP contribution in [0.2, 0.25) is 10.0 Å². The largest absolute Gasteiger partial charge is 0.429 e. The molecule has 0 bridgehead atoms. The van der Waals surface area contributed by atoms with E-state index in [4.69, 9.17) is 27.9 Å². The molecule has 0 atom stereocenters. The Morgan fingerprint density at radius 2 is 1.86 bits per heavy atom. The number of ether oxygens (including phenoxy) is 1. The standard InChI is InChI=1S/C19H21Cl2NO5S/c1-10-4-6-19(7-5-10)16(27-18(24)28(3,25)26)15(17(23)22-19)14-11(2)8-12(20)9-13(14)21/h8-10H,4-7H2,1-3H3,(H,22,23). The Hall–Kier alpha value is -1.57. The molecule has 3 rings (SSSR count). The van der Waals surface area contributed by atoms with Crippen LogP contribution >= 0.6 is 23.2 Å². The fourth-order valence-electron chi connectivity index (χ4n) is 3.84. The Morgan fingerprint density at radius 1 is 1.25 bits per heavy atom. The smallest absolute Gasteiger partial charge is 0.416 e. The summed E-state index contributed by atoms with van der Waals surface area (Å²) in [6.07, 6.45) is 3.47. The number of sulfone groups is 1. The summed E-state index contributed by atoms with van der Waals surface area (Å²) < 4.78 is 28.8. The van der Waals surface area contributed by atoms with Gasteiger partial charge in [0.2, 0.25) is 9.84 Å². The van der Waals surface area contributed by atoms with Crippen molar-refractivity contribution >= 4 is 49.8 Å². The number of halogens is 2. The molecule has 1 aliphatic carbocycles. The van der Waals surface area contributed by atoms with Gasteiger partial charge in [-0.15, -0.1) is 0 Å². The van der Waals surface area contributed by atoms with Crippen molar-refractivity contribution in [3.05, 3.63) is 39.1 Å². The second kappa shape index (κ2) is 7.35. The van der Waals surface area contributed by atoms with E-state index >= 15 is 0 Å². The fourth-order valence-corrected chi connectivity index (χ4v) is 4.76. The minimum absolute atomic E-state index is 0.0344. The van der Waals surface area contributed by atoms with E-state index in [0.29, 0.717) is 34.9 Å². The molecule has 9 heteroatoms. The van der Waals surface area contributed by atoms with Gasteiger partial charge in [-0.05, 0) is 56.2 Å². The molecule has 1 heterocycles. The normalized spacial score (nSPS) is 25.2. The highest BCUT2D eigenvalue weighted by Gasteiger charge is 2.50. The maximum absolute atomic E-state index is 13.0. The van der Waals surface area contributed by atoms with Crippen LogP contribution in [0, 0.1) is 12.8 Å². The Bertz CT molecular complexity index is 969. The van der Waals surface area contributed by atoms with Gasteiger partial charge in [-0.2, -0.15) is 0 Å². The quantitative estimate of drug-likeness (QED) is 0.686. The molecule has 1 aromatic rings. The number of aryl methyl sites for hydroxylation is 1. The molecule has 1 N–H and O–H groups in total. The van der Waals surface area contributed by atoms with Crippen molar-refractivity contribution in [3.63, 3.8) is 0 Å². The van der Waals surface area contributed by atoms with Gasteiger partial charge in [0.1, 0.15) is 5.76 Å². The molecule has 0 radical (unpaired) electrons. The number of hydrogen-bond acceptors (Lipinski definition) is 5. The van der Waals surface area contributed by atoms with Crippen LogP contribution < -0.4 is 5.32 Å². The van der Waals surface area contributed by atoms with Gasteiger partial charge in [0.05, 0.1) is 22.4 Å². The van der Waals surface area contributed by atoms with Crippen molar-refractivity contribution in [1.29, 1.82) is 0 Å². The van der Waals surface area contributed by atoms with Crippen LogP contribution in [0.1, 0.15) is 43.7 Å². The minimum Gasteiger partial charge on any atom is -0.416 e. The predicted molar refractivity (Wildman–Crippen MR) is 108 cm³/mol. The van der Waals surface area contributed by atoms with E-state index in [0.717, 1.165) is 19.1 Å². The summed E-state index contributed by atoms with van der Waals surface area (Å²) in [5.74, 6) is 0.0459. The maximum Gasteiger partial charge on any atom is 0.429 e. The summed E-state index contributed by atoms with van der Waals surface area (Å²) in [5, 5.41) is 2.18. The summed E-state index contributed by atoms with van der Waals surface area (Å²) in [5.41, 5.74) is 0.173. The second-order valence-electron chi connectivity index (χ2n) is 7.63. The zero-order chi connectivity index (χ0) is 20.9. The van der Waals surface area contributed by atoms with Crippen LogP contribution in [0.5, 0.6) is 0 Å². The van der Waals surface area contributed by atoms with Crippen molar-refractivity contribution in [3.8, 4) is 0 Å². The first-order valence-electron chi connectivity index (χ1n) is 8.90. The summed E-state index contributed by atoms with van der Waals surface area (Å²) >= 11 is 12.4. The fraction of sp³-hybridized carbons (Fsp3) is 0.474. The molecule has 1 spiro atoms. The molecule has 0 unspecified atom stereocenters. The van der Waals surface area contributed by atoms with E-state index in [9.17, 15) is 18.0 Å². The van der Waals surface area contributed by atoms with E-state index in [1.54, 1.807) is 13.0 Å². The van der Waals surface area contributed by atoms with Crippen LogP contribution in [-0.4, -0.2) is 31.4 Å². The van der Waals surface area contributed by atoms with E-state index in [1.165, 1.54) is 6.07 Å². The summed E-state index contributed by atoms with van der Waals surface area (Å²) in [7, 11) is -4.09. The molecule has 0 saturated heterocycles. The van der Waals surface area contributed by atoms with Gasteiger partial charge in [-0.25, -0.2) is 13.2 Å². The second-order valence-corrected chi connectivity index (χ2v) is 10.3.